The summed E-state index contributed by atoms with van der Waals surface area (Å²) in [4.78, 5) is 23.8. The molecule has 2 heterocycles. The molecule has 2 aliphatic rings. The summed E-state index contributed by atoms with van der Waals surface area (Å²) in [5.41, 5.74) is 3.32. The average Bonchev–Trinajstić information content (AvgIpc) is 3.40. The van der Waals surface area contributed by atoms with Gasteiger partial charge in [0, 0.05) is 36.0 Å². The van der Waals surface area contributed by atoms with E-state index >= 15 is 0 Å². The van der Waals surface area contributed by atoms with Crippen molar-refractivity contribution in [2.24, 2.45) is 0 Å². The lowest BCUT2D eigenvalue weighted by Gasteiger charge is -2.28. The largest absolute Gasteiger partial charge is 0.310 e. The molecule has 0 bridgehead atoms. The van der Waals surface area contributed by atoms with Crippen molar-refractivity contribution in [2.75, 3.05) is 12.8 Å². The number of aromatic amines is 1. The van der Waals surface area contributed by atoms with E-state index in [1.165, 1.54) is 10.5 Å². The van der Waals surface area contributed by atoms with E-state index in [4.69, 9.17) is 4.98 Å². The molecule has 1 saturated carbocycles. The van der Waals surface area contributed by atoms with Crippen LogP contribution in [0.25, 0.3) is 0 Å². The van der Waals surface area contributed by atoms with Crippen LogP contribution in [0.1, 0.15) is 41.4 Å². The fraction of sp³-hybridized carbons (Fsp3) is 0.444. The van der Waals surface area contributed by atoms with Crippen LogP contribution >= 0.6 is 11.8 Å². The summed E-state index contributed by atoms with van der Waals surface area (Å²) < 4.78 is 0. The Hall–Kier alpha value is -1.59. The maximum absolute atomic E-state index is 12.3. The fourth-order valence-electron chi connectivity index (χ4n) is 3.27. The first-order valence-corrected chi connectivity index (χ1v) is 9.43. The number of fused-ring (bicyclic) bond motifs is 1. The van der Waals surface area contributed by atoms with Gasteiger partial charge in [0.05, 0.1) is 5.69 Å². The van der Waals surface area contributed by atoms with E-state index in [1.54, 1.807) is 11.8 Å². The van der Waals surface area contributed by atoms with Gasteiger partial charge in [-0.2, -0.15) is 0 Å². The number of nitrogens with one attached hydrogen (secondary N) is 1. The molecule has 120 valence electrons. The molecule has 1 aromatic heterocycles. The van der Waals surface area contributed by atoms with Gasteiger partial charge in [0.25, 0.3) is 5.56 Å². The summed E-state index contributed by atoms with van der Waals surface area (Å²) in [6.45, 7) is 2.62. The molecule has 0 saturated heterocycles. The van der Waals surface area contributed by atoms with Gasteiger partial charge in [0.15, 0.2) is 0 Å². The highest BCUT2D eigenvalue weighted by atomic mass is 32.2. The fourth-order valence-corrected chi connectivity index (χ4v) is 3.88. The number of benzene rings is 1. The van der Waals surface area contributed by atoms with Crippen molar-refractivity contribution in [3.8, 4) is 0 Å². The van der Waals surface area contributed by atoms with Gasteiger partial charge in [-0.05, 0) is 37.1 Å². The summed E-state index contributed by atoms with van der Waals surface area (Å²) in [5, 5.41) is 0. The van der Waals surface area contributed by atoms with Crippen molar-refractivity contribution >= 4 is 11.8 Å². The Morgan fingerprint density at radius 3 is 2.96 bits per heavy atom. The van der Waals surface area contributed by atoms with E-state index in [1.807, 2.05) is 0 Å². The van der Waals surface area contributed by atoms with E-state index in [0.29, 0.717) is 5.92 Å². The van der Waals surface area contributed by atoms with Crippen molar-refractivity contribution in [1.29, 1.82) is 0 Å². The van der Waals surface area contributed by atoms with Gasteiger partial charge in [-0.25, -0.2) is 4.98 Å². The number of nitrogens with zero attached hydrogens (tertiary/aromatic N) is 2. The summed E-state index contributed by atoms with van der Waals surface area (Å²) in [6, 6.07) is 8.55. The topological polar surface area (TPSA) is 49.0 Å². The minimum Gasteiger partial charge on any atom is -0.310 e. The molecule has 1 aromatic carbocycles. The number of H-pyrrole nitrogens is 1. The van der Waals surface area contributed by atoms with Crippen LogP contribution in [0.5, 0.6) is 0 Å². The van der Waals surface area contributed by atoms with Crippen molar-refractivity contribution in [2.45, 2.75) is 43.2 Å². The minimum absolute atomic E-state index is 0.0843. The lowest BCUT2D eigenvalue weighted by Crippen LogP contribution is -2.35. The van der Waals surface area contributed by atoms with E-state index in [2.05, 4.69) is 40.4 Å². The molecule has 0 unspecified atom stereocenters. The van der Waals surface area contributed by atoms with Crippen LogP contribution in [0.2, 0.25) is 0 Å². The first-order valence-electron chi connectivity index (χ1n) is 8.21. The van der Waals surface area contributed by atoms with Crippen LogP contribution in [0.4, 0.5) is 0 Å². The molecule has 4 rings (SSSR count). The number of hydrogen-bond donors (Lipinski definition) is 1. The van der Waals surface area contributed by atoms with Crippen LogP contribution in [0.15, 0.2) is 34.0 Å². The third-order valence-electron chi connectivity index (χ3n) is 4.72. The second-order valence-corrected chi connectivity index (χ2v) is 7.27. The van der Waals surface area contributed by atoms with Crippen LogP contribution in [-0.4, -0.2) is 27.7 Å². The molecule has 0 spiro atoms. The number of rotatable bonds is 4. The van der Waals surface area contributed by atoms with Crippen LogP contribution < -0.4 is 5.56 Å². The van der Waals surface area contributed by atoms with Gasteiger partial charge in [-0.3, -0.25) is 9.69 Å². The quantitative estimate of drug-likeness (QED) is 0.877. The molecule has 23 heavy (non-hydrogen) atoms. The lowest BCUT2D eigenvalue weighted by molar-refractivity contribution is 0.238. The predicted octanol–water partition coefficient (Wildman–Crippen LogP) is 2.93. The molecule has 5 heteroatoms. The third kappa shape index (κ3) is 3.08. The summed E-state index contributed by atoms with van der Waals surface area (Å²) in [7, 11) is 0. The van der Waals surface area contributed by atoms with Gasteiger partial charge in [-0.1, -0.05) is 18.2 Å². The zero-order chi connectivity index (χ0) is 15.8. The highest BCUT2D eigenvalue weighted by molar-refractivity contribution is 7.98. The summed E-state index contributed by atoms with van der Waals surface area (Å²) in [6.07, 6.45) is 5.23. The zero-order valence-electron chi connectivity index (χ0n) is 13.3. The van der Waals surface area contributed by atoms with Gasteiger partial charge < -0.3 is 4.98 Å². The molecule has 0 atom stereocenters. The summed E-state index contributed by atoms with van der Waals surface area (Å²) >= 11 is 1.79. The number of hydrogen-bond acceptors (Lipinski definition) is 4. The average molecular weight is 327 g/mol. The molecule has 0 amide bonds. The second kappa shape index (κ2) is 6.13. The molecular formula is C18H21N3OS. The molecule has 4 nitrogen and oxygen atoms in total. The van der Waals surface area contributed by atoms with E-state index < -0.39 is 0 Å². The van der Waals surface area contributed by atoms with E-state index in [-0.39, 0.29) is 5.56 Å². The third-order valence-corrected chi connectivity index (χ3v) is 5.56. The van der Waals surface area contributed by atoms with Crippen molar-refractivity contribution in [3.05, 3.63) is 57.3 Å². The van der Waals surface area contributed by atoms with E-state index in [9.17, 15) is 4.79 Å². The highest BCUT2D eigenvalue weighted by Crippen LogP contribution is 2.37. The normalized spacial score (nSPS) is 18.0. The Morgan fingerprint density at radius 2 is 2.17 bits per heavy atom. The monoisotopic (exact) mass is 327 g/mol. The molecule has 1 aliphatic carbocycles. The smallest absolute Gasteiger partial charge is 0.254 e. The first kappa shape index (κ1) is 15.0. The second-order valence-electron chi connectivity index (χ2n) is 6.42. The maximum atomic E-state index is 12.3. The van der Waals surface area contributed by atoms with Crippen molar-refractivity contribution in [1.82, 2.24) is 14.9 Å². The van der Waals surface area contributed by atoms with Gasteiger partial charge >= 0.3 is 0 Å². The van der Waals surface area contributed by atoms with E-state index in [0.717, 1.165) is 56.0 Å². The Balaban J connectivity index is 1.57. The summed E-state index contributed by atoms with van der Waals surface area (Å²) in [5.74, 6) is 1.39. The van der Waals surface area contributed by atoms with Gasteiger partial charge in [-0.15, -0.1) is 11.8 Å². The Morgan fingerprint density at radius 1 is 1.35 bits per heavy atom. The molecule has 0 radical (unpaired) electrons. The molecular weight excluding hydrogens is 306 g/mol. The first-order chi connectivity index (χ1) is 11.2. The molecule has 1 aliphatic heterocycles. The standard InChI is InChI=1S/C18H21N3OS/c1-23-16-5-3-2-4-13(16)10-21-9-8-14-15(11-21)19-17(12-6-7-12)20-18(14)22/h2-5,12H,6-11H2,1H3,(H,19,20,22). The Kier molecular flexibility index (Phi) is 3.99. The van der Waals surface area contributed by atoms with Crippen LogP contribution in [0, 0.1) is 0 Å². The van der Waals surface area contributed by atoms with Crippen LogP contribution in [-0.2, 0) is 19.5 Å². The number of aromatic nitrogens is 2. The van der Waals surface area contributed by atoms with Gasteiger partial charge in [0.1, 0.15) is 5.82 Å². The molecule has 2 aromatic rings. The minimum atomic E-state index is 0.0843. The predicted molar refractivity (Wildman–Crippen MR) is 92.9 cm³/mol. The maximum Gasteiger partial charge on any atom is 0.254 e. The lowest BCUT2D eigenvalue weighted by atomic mass is 10.1. The van der Waals surface area contributed by atoms with Crippen LogP contribution in [0.3, 0.4) is 0 Å². The molecule has 1 N–H and O–H groups in total. The van der Waals surface area contributed by atoms with Crippen molar-refractivity contribution < 1.29 is 0 Å². The zero-order valence-corrected chi connectivity index (χ0v) is 14.2. The highest BCUT2D eigenvalue weighted by Gasteiger charge is 2.29. The SMILES string of the molecule is CSc1ccccc1CN1CCc2c(nc(C3CC3)[nH]c2=O)C1. The van der Waals surface area contributed by atoms with Gasteiger partial charge in [0.2, 0.25) is 0 Å². The Labute approximate surface area is 140 Å². The van der Waals surface area contributed by atoms with Crippen molar-refractivity contribution in [3.63, 3.8) is 0 Å². The Bertz CT molecular complexity index is 782. The molecule has 1 fully saturated rings. The number of thioether (sulfide) groups is 1.